The van der Waals surface area contributed by atoms with Gasteiger partial charge in [-0.2, -0.15) is 0 Å². The van der Waals surface area contributed by atoms with Crippen LogP contribution < -0.4 is 0 Å². The Labute approximate surface area is 116 Å². The molecule has 0 aromatic carbocycles. The molecule has 3 aliphatic rings. The normalized spacial score (nSPS) is 47.3. The van der Waals surface area contributed by atoms with Gasteiger partial charge in [-0.1, -0.05) is 33.1 Å². The van der Waals surface area contributed by atoms with E-state index in [-0.39, 0.29) is 6.04 Å². The largest absolute Gasteiger partial charge is 0.480 e. The molecule has 0 radical (unpaired) electrons. The van der Waals surface area contributed by atoms with Gasteiger partial charge < -0.3 is 5.11 Å². The lowest BCUT2D eigenvalue weighted by molar-refractivity contribution is -0.145. The molecular weight excluding hydrogens is 238 g/mol. The minimum absolute atomic E-state index is 0.190. The van der Waals surface area contributed by atoms with E-state index in [1.165, 1.54) is 32.1 Å². The van der Waals surface area contributed by atoms with Crippen molar-refractivity contribution in [2.75, 3.05) is 6.54 Å². The van der Waals surface area contributed by atoms with Crippen molar-refractivity contribution in [3.63, 3.8) is 0 Å². The van der Waals surface area contributed by atoms with Crippen molar-refractivity contribution in [3.05, 3.63) is 0 Å². The number of rotatable bonds is 2. The van der Waals surface area contributed by atoms with E-state index >= 15 is 0 Å². The van der Waals surface area contributed by atoms with E-state index in [0.717, 1.165) is 18.9 Å². The summed E-state index contributed by atoms with van der Waals surface area (Å²) in [7, 11) is 0. The zero-order valence-corrected chi connectivity index (χ0v) is 12.2. The third kappa shape index (κ3) is 2.20. The predicted octanol–water partition coefficient (Wildman–Crippen LogP) is 3.00. The van der Waals surface area contributed by atoms with Gasteiger partial charge in [0, 0.05) is 12.6 Å². The van der Waals surface area contributed by atoms with Crippen LogP contribution in [0, 0.1) is 23.7 Å². The number of carboxylic acids is 1. The Morgan fingerprint density at radius 3 is 2.58 bits per heavy atom. The van der Waals surface area contributed by atoms with E-state index in [0.29, 0.717) is 23.8 Å². The first-order valence-electron chi connectivity index (χ1n) is 8.08. The smallest absolute Gasteiger partial charge is 0.321 e. The average molecular weight is 265 g/mol. The second-order valence-electron chi connectivity index (χ2n) is 7.17. The van der Waals surface area contributed by atoms with Crippen LogP contribution in [0.3, 0.4) is 0 Å². The molecule has 6 atom stereocenters. The highest BCUT2D eigenvalue weighted by molar-refractivity contribution is 5.74. The Morgan fingerprint density at radius 2 is 1.84 bits per heavy atom. The number of likely N-dealkylation sites (tertiary alicyclic amines) is 1. The fraction of sp³-hybridized carbons (Fsp3) is 0.938. The van der Waals surface area contributed by atoms with Gasteiger partial charge in [0.05, 0.1) is 0 Å². The quantitative estimate of drug-likeness (QED) is 0.834. The topological polar surface area (TPSA) is 40.5 Å². The van der Waals surface area contributed by atoms with Crippen LogP contribution in [0.4, 0.5) is 0 Å². The molecule has 0 aromatic heterocycles. The number of carboxylic acid groups (broad SMARTS) is 1. The molecule has 1 N–H and O–H groups in total. The van der Waals surface area contributed by atoms with Crippen LogP contribution in [0.5, 0.6) is 0 Å². The van der Waals surface area contributed by atoms with E-state index in [1.54, 1.807) is 0 Å². The Balaban J connectivity index is 1.81. The Bertz CT molecular complexity index is 357. The highest BCUT2D eigenvalue weighted by atomic mass is 16.4. The van der Waals surface area contributed by atoms with E-state index in [1.807, 2.05) is 0 Å². The highest BCUT2D eigenvalue weighted by Gasteiger charge is 2.51. The minimum atomic E-state index is -0.570. The number of fused-ring (bicyclic) bond motifs is 1. The minimum Gasteiger partial charge on any atom is -0.480 e. The Kier molecular flexibility index (Phi) is 3.59. The van der Waals surface area contributed by atoms with Crippen LogP contribution in [-0.4, -0.2) is 34.6 Å². The number of nitrogens with zero attached hydrogens (tertiary/aromatic N) is 1. The van der Waals surface area contributed by atoms with Crippen LogP contribution in [0.2, 0.25) is 0 Å². The van der Waals surface area contributed by atoms with Crippen LogP contribution in [-0.2, 0) is 4.79 Å². The Morgan fingerprint density at radius 1 is 1.11 bits per heavy atom. The van der Waals surface area contributed by atoms with Gasteiger partial charge in [0.25, 0.3) is 0 Å². The molecule has 3 fully saturated rings. The molecule has 19 heavy (non-hydrogen) atoms. The first-order valence-corrected chi connectivity index (χ1v) is 8.08. The lowest BCUT2D eigenvalue weighted by Crippen LogP contribution is -2.50. The SMILES string of the molecule is CC1CCCC(N2CC3CCCC3C2C(=O)O)C1C. The van der Waals surface area contributed by atoms with Gasteiger partial charge >= 0.3 is 5.97 Å². The summed E-state index contributed by atoms with van der Waals surface area (Å²) in [5.41, 5.74) is 0. The first-order chi connectivity index (χ1) is 9.09. The summed E-state index contributed by atoms with van der Waals surface area (Å²) in [6.07, 6.45) is 7.42. The van der Waals surface area contributed by atoms with Gasteiger partial charge in [0.2, 0.25) is 0 Å². The second kappa shape index (κ2) is 5.08. The van der Waals surface area contributed by atoms with Gasteiger partial charge in [-0.3, -0.25) is 9.69 Å². The summed E-state index contributed by atoms with van der Waals surface area (Å²) in [6, 6.07) is 0.320. The van der Waals surface area contributed by atoms with Crippen molar-refractivity contribution in [2.24, 2.45) is 23.7 Å². The van der Waals surface area contributed by atoms with Gasteiger partial charge in [0.15, 0.2) is 0 Å². The van der Waals surface area contributed by atoms with Crippen molar-refractivity contribution >= 4 is 5.97 Å². The van der Waals surface area contributed by atoms with Crippen LogP contribution >= 0.6 is 0 Å². The van der Waals surface area contributed by atoms with E-state index in [4.69, 9.17) is 0 Å². The predicted molar refractivity (Wildman–Crippen MR) is 74.9 cm³/mol. The zero-order chi connectivity index (χ0) is 13.6. The lowest BCUT2D eigenvalue weighted by Gasteiger charge is -2.42. The fourth-order valence-corrected chi connectivity index (χ4v) is 5.03. The molecule has 1 saturated heterocycles. The van der Waals surface area contributed by atoms with Crippen LogP contribution in [0.1, 0.15) is 52.4 Å². The van der Waals surface area contributed by atoms with Crippen molar-refractivity contribution in [1.29, 1.82) is 0 Å². The summed E-state index contributed by atoms with van der Waals surface area (Å²) in [6.45, 7) is 5.72. The number of carbonyl (C=O) groups is 1. The molecule has 6 unspecified atom stereocenters. The van der Waals surface area contributed by atoms with Gasteiger partial charge in [-0.15, -0.1) is 0 Å². The molecule has 2 aliphatic carbocycles. The second-order valence-corrected chi connectivity index (χ2v) is 7.17. The van der Waals surface area contributed by atoms with E-state index in [9.17, 15) is 9.90 Å². The highest BCUT2D eigenvalue weighted by Crippen LogP contribution is 2.46. The van der Waals surface area contributed by atoms with Crippen molar-refractivity contribution in [3.8, 4) is 0 Å². The Hall–Kier alpha value is -0.570. The maximum atomic E-state index is 11.7. The maximum absolute atomic E-state index is 11.7. The fourth-order valence-electron chi connectivity index (χ4n) is 5.03. The molecule has 108 valence electrons. The summed E-state index contributed by atoms with van der Waals surface area (Å²) < 4.78 is 0. The van der Waals surface area contributed by atoms with E-state index in [2.05, 4.69) is 18.7 Å². The zero-order valence-electron chi connectivity index (χ0n) is 12.2. The molecule has 3 nitrogen and oxygen atoms in total. The molecule has 0 amide bonds. The molecule has 1 aliphatic heterocycles. The maximum Gasteiger partial charge on any atom is 0.321 e. The van der Waals surface area contributed by atoms with Crippen molar-refractivity contribution in [2.45, 2.75) is 64.5 Å². The van der Waals surface area contributed by atoms with Crippen LogP contribution in [0.25, 0.3) is 0 Å². The van der Waals surface area contributed by atoms with Crippen molar-refractivity contribution in [1.82, 2.24) is 4.90 Å². The summed E-state index contributed by atoms with van der Waals surface area (Å²) in [4.78, 5) is 14.1. The summed E-state index contributed by atoms with van der Waals surface area (Å²) in [5.74, 6) is 1.91. The van der Waals surface area contributed by atoms with E-state index < -0.39 is 5.97 Å². The standard InChI is InChI=1S/C16H27NO2/c1-10-5-3-8-14(11(10)2)17-9-12-6-4-7-13(12)15(17)16(18)19/h10-15H,3-9H2,1-2H3,(H,18,19). The third-order valence-corrected chi connectivity index (χ3v) is 6.27. The molecule has 0 bridgehead atoms. The molecular formula is C16H27NO2. The third-order valence-electron chi connectivity index (χ3n) is 6.27. The molecule has 0 aromatic rings. The van der Waals surface area contributed by atoms with Crippen LogP contribution in [0.15, 0.2) is 0 Å². The number of aliphatic carboxylic acids is 1. The number of hydrogen-bond donors (Lipinski definition) is 1. The molecule has 3 heteroatoms. The van der Waals surface area contributed by atoms with Gasteiger partial charge in [-0.05, 0) is 42.9 Å². The lowest BCUT2D eigenvalue weighted by atomic mass is 9.77. The van der Waals surface area contributed by atoms with Crippen molar-refractivity contribution < 1.29 is 9.90 Å². The summed E-state index contributed by atoms with van der Waals surface area (Å²) >= 11 is 0. The first kappa shape index (κ1) is 13.4. The molecule has 2 saturated carbocycles. The van der Waals surface area contributed by atoms with Gasteiger partial charge in [-0.25, -0.2) is 0 Å². The molecule has 1 heterocycles. The summed E-state index contributed by atoms with van der Waals surface area (Å²) in [5, 5.41) is 9.67. The average Bonchev–Trinajstić information content (AvgIpc) is 2.91. The monoisotopic (exact) mass is 265 g/mol. The molecule has 3 rings (SSSR count). The number of hydrogen-bond acceptors (Lipinski definition) is 2. The van der Waals surface area contributed by atoms with Gasteiger partial charge in [0.1, 0.15) is 6.04 Å². The molecule has 0 spiro atoms.